The number of carbonyl (C=O) groups is 1. The molecule has 0 aliphatic heterocycles. The first-order valence-corrected chi connectivity index (χ1v) is 6.42. The van der Waals surface area contributed by atoms with Gasteiger partial charge in [0.2, 0.25) is 5.95 Å². The van der Waals surface area contributed by atoms with Crippen molar-refractivity contribution in [3.05, 3.63) is 34.8 Å². The van der Waals surface area contributed by atoms with Gasteiger partial charge >= 0.3 is 5.97 Å². The van der Waals surface area contributed by atoms with Gasteiger partial charge in [0.15, 0.2) is 5.69 Å². The minimum Gasteiger partial charge on any atom is -0.458 e. The summed E-state index contributed by atoms with van der Waals surface area (Å²) in [6, 6.07) is 3.44. The maximum Gasteiger partial charge on any atom is 0.357 e. The van der Waals surface area contributed by atoms with Crippen LogP contribution in [0.25, 0.3) is 0 Å². The summed E-state index contributed by atoms with van der Waals surface area (Å²) in [5, 5.41) is 6.89. The lowest BCUT2D eigenvalue weighted by atomic mass is 10.4. The van der Waals surface area contributed by atoms with Gasteiger partial charge in [0.05, 0.1) is 11.8 Å². The van der Waals surface area contributed by atoms with Crippen LogP contribution in [-0.2, 0) is 4.74 Å². The second-order valence-corrected chi connectivity index (χ2v) is 4.64. The van der Waals surface area contributed by atoms with Gasteiger partial charge < -0.3 is 10.1 Å². The van der Waals surface area contributed by atoms with Crippen molar-refractivity contribution in [3.63, 3.8) is 0 Å². The molecule has 2 rings (SSSR count). The van der Waals surface area contributed by atoms with Gasteiger partial charge in [0.25, 0.3) is 0 Å². The first kappa shape index (κ1) is 12.5. The van der Waals surface area contributed by atoms with Gasteiger partial charge in [0.1, 0.15) is 0 Å². The van der Waals surface area contributed by atoms with Crippen molar-refractivity contribution >= 4 is 28.9 Å². The minimum absolute atomic E-state index is 0.166. The van der Waals surface area contributed by atoms with Crippen molar-refractivity contribution in [3.8, 4) is 0 Å². The zero-order valence-electron chi connectivity index (χ0n) is 10.1. The number of carbonyl (C=O) groups excluding carboxylic acids is 1. The van der Waals surface area contributed by atoms with Crippen LogP contribution in [0.5, 0.6) is 0 Å². The van der Waals surface area contributed by atoms with Crippen molar-refractivity contribution in [1.29, 1.82) is 0 Å². The SMILES string of the molecule is CC(C)OC(=O)c1ccnc(Nc2ccsc2)n1. The number of esters is 1. The molecular weight excluding hydrogens is 250 g/mol. The highest BCUT2D eigenvalue weighted by Crippen LogP contribution is 2.16. The standard InChI is InChI=1S/C12H13N3O2S/c1-8(2)17-11(16)10-3-5-13-12(15-10)14-9-4-6-18-7-9/h3-8H,1-2H3,(H,13,14,15). The molecule has 2 aromatic rings. The highest BCUT2D eigenvalue weighted by molar-refractivity contribution is 7.08. The average Bonchev–Trinajstić information content (AvgIpc) is 2.81. The molecule has 2 aromatic heterocycles. The smallest absolute Gasteiger partial charge is 0.357 e. The topological polar surface area (TPSA) is 64.1 Å². The number of nitrogens with one attached hydrogen (secondary N) is 1. The van der Waals surface area contributed by atoms with Crippen molar-refractivity contribution < 1.29 is 9.53 Å². The molecule has 0 saturated carbocycles. The lowest BCUT2D eigenvalue weighted by Gasteiger charge is -2.08. The van der Waals surface area contributed by atoms with Gasteiger partial charge in [-0.25, -0.2) is 14.8 Å². The molecule has 1 N–H and O–H groups in total. The predicted molar refractivity (Wildman–Crippen MR) is 70.2 cm³/mol. The Labute approximate surface area is 109 Å². The third-order valence-electron chi connectivity index (χ3n) is 1.98. The zero-order valence-corrected chi connectivity index (χ0v) is 10.9. The zero-order chi connectivity index (χ0) is 13.0. The van der Waals surface area contributed by atoms with Gasteiger partial charge in [0, 0.05) is 11.6 Å². The Morgan fingerprint density at radius 1 is 1.44 bits per heavy atom. The second kappa shape index (κ2) is 5.59. The molecule has 0 aliphatic rings. The van der Waals surface area contributed by atoms with Crippen molar-refractivity contribution in [2.75, 3.05) is 5.32 Å². The van der Waals surface area contributed by atoms with Crippen molar-refractivity contribution in [2.24, 2.45) is 0 Å². The van der Waals surface area contributed by atoms with Gasteiger partial charge in [-0.2, -0.15) is 11.3 Å². The molecule has 0 amide bonds. The summed E-state index contributed by atoms with van der Waals surface area (Å²) in [5.41, 5.74) is 1.14. The number of hydrogen-bond acceptors (Lipinski definition) is 6. The van der Waals surface area contributed by atoms with E-state index in [9.17, 15) is 4.79 Å². The Morgan fingerprint density at radius 2 is 2.28 bits per heavy atom. The third-order valence-corrected chi connectivity index (χ3v) is 2.67. The first-order chi connectivity index (χ1) is 8.65. The number of nitrogens with zero attached hydrogens (tertiary/aromatic N) is 2. The van der Waals surface area contributed by atoms with E-state index in [-0.39, 0.29) is 11.8 Å². The van der Waals surface area contributed by atoms with E-state index < -0.39 is 5.97 Å². The molecule has 2 heterocycles. The Bertz CT molecular complexity index is 526. The number of rotatable bonds is 4. The van der Waals surface area contributed by atoms with Crippen molar-refractivity contribution in [2.45, 2.75) is 20.0 Å². The fourth-order valence-corrected chi connectivity index (χ4v) is 1.86. The Morgan fingerprint density at radius 3 is 2.94 bits per heavy atom. The van der Waals surface area contributed by atoms with E-state index in [2.05, 4.69) is 15.3 Å². The first-order valence-electron chi connectivity index (χ1n) is 5.48. The summed E-state index contributed by atoms with van der Waals surface area (Å²) in [5.74, 6) is -0.0626. The highest BCUT2D eigenvalue weighted by atomic mass is 32.1. The molecule has 0 atom stereocenters. The molecule has 0 unspecified atom stereocenters. The molecule has 0 bridgehead atoms. The predicted octanol–water partition coefficient (Wildman–Crippen LogP) is 2.85. The number of aromatic nitrogens is 2. The number of anilines is 2. The Balaban J connectivity index is 2.12. The Kier molecular flexibility index (Phi) is 3.88. The van der Waals surface area contributed by atoms with Crippen molar-refractivity contribution in [1.82, 2.24) is 9.97 Å². The number of ether oxygens (including phenoxy) is 1. The van der Waals surface area contributed by atoms with E-state index >= 15 is 0 Å². The monoisotopic (exact) mass is 263 g/mol. The molecule has 6 heteroatoms. The third kappa shape index (κ3) is 3.27. The molecule has 5 nitrogen and oxygen atoms in total. The minimum atomic E-state index is -0.444. The Hall–Kier alpha value is -1.95. The van der Waals surface area contributed by atoms with Gasteiger partial charge in [-0.15, -0.1) is 0 Å². The molecule has 0 saturated heterocycles. The summed E-state index contributed by atoms with van der Waals surface area (Å²) < 4.78 is 5.07. The van der Waals surface area contributed by atoms with E-state index in [4.69, 9.17) is 4.74 Å². The maximum atomic E-state index is 11.7. The summed E-state index contributed by atoms with van der Waals surface area (Å²) in [6.45, 7) is 3.59. The molecule has 0 fully saturated rings. The van der Waals surface area contributed by atoms with Crippen LogP contribution in [0.3, 0.4) is 0 Å². The summed E-state index contributed by atoms with van der Waals surface area (Å²) >= 11 is 1.57. The molecule has 0 aromatic carbocycles. The van der Waals surface area contributed by atoms with E-state index in [1.165, 1.54) is 12.3 Å². The van der Waals surface area contributed by atoms with E-state index in [1.54, 1.807) is 25.2 Å². The summed E-state index contributed by atoms with van der Waals surface area (Å²) in [7, 11) is 0. The number of thiophene rings is 1. The quantitative estimate of drug-likeness (QED) is 0.859. The highest BCUT2D eigenvalue weighted by Gasteiger charge is 2.11. The van der Waals surface area contributed by atoms with E-state index in [0.717, 1.165) is 5.69 Å². The molecule has 0 spiro atoms. The fourth-order valence-electron chi connectivity index (χ4n) is 1.27. The van der Waals surface area contributed by atoms with Gasteiger partial charge in [-0.1, -0.05) is 0 Å². The average molecular weight is 263 g/mol. The molecule has 94 valence electrons. The van der Waals surface area contributed by atoms with Crippen LogP contribution < -0.4 is 5.32 Å². The second-order valence-electron chi connectivity index (χ2n) is 3.86. The van der Waals surface area contributed by atoms with Crippen LogP contribution in [0.1, 0.15) is 24.3 Å². The fraction of sp³-hybridized carbons (Fsp3) is 0.250. The van der Waals surface area contributed by atoms with Gasteiger partial charge in [-0.3, -0.25) is 0 Å². The lowest BCUT2D eigenvalue weighted by Crippen LogP contribution is -2.13. The van der Waals surface area contributed by atoms with E-state index in [1.807, 2.05) is 16.8 Å². The van der Waals surface area contributed by atoms with Crippen LogP contribution >= 0.6 is 11.3 Å². The molecular formula is C12H13N3O2S. The molecule has 0 aliphatic carbocycles. The molecule has 0 radical (unpaired) electrons. The number of hydrogen-bond donors (Lipinski definition) is 1. The largest absolute Gasteiger partial charge is 0.458 e. The van der Waals surface area contributed by atoms with Gasteiger partial charge in [-0.05, 0) is 31.4 Å². The maximum absolute atomic E-state index is 11.7. The van der Waals surface area contributed by atoms with Crippen LogP contribution in [0.2, 0.25) is 0 Å². The molecule has 18 heavy (non-hydrogen) atoms. The summed E-state index contributed by atoms with van der Waals surface area (Å²) in [6.07, 6.45) is 1.36. The lowest BCUT2D eigenvalue weighted by molar-refractivity contribution is 0.0371. The van der Waals surface area contributed by atoms with E-state index in [0.29, 0.717) is 5.95 Å². The van der Waals surface area contributed by atoms with Crippen LogP contribution in [0, 0.1) is 0 Å². The van der Waals surface area contributed by atoms with Crippen LogP contribution in [0.4, 0.5) is 11.6 Å². The van der Waals surface area contributed by atoms with Crippen LogP contribution in [-0.4, -0.2) is 22.0 Å². The van der Waals surface area contributed by atoms with Crippen LogP contribution in [0.15, 0.2) is 29.1 Å². The normalized spacial score (nSPS) is 10.4. The summed E-state index contributed by atoms with van der Waals surface area (Å²) in [4.78, 5) is 19.8.